The van der Waals surface area contributed by atoms with E-state index in [4.69, 9.17) is 0 Å². The molecule has 0 N–H and O–H groups in total. The molecule has 1 saturated carbocycles. The second-order valence-electron chi connectivity index (χ2n) is 4.82. The zero-order valence-electron chi connectivity index (χ0n) is 10.6. The predicted octanol–water partition coefficient (Wildman–Crippen LogP) is 4.63. The van der Waals surface area contributed by atoms with Gasteiger partial charge in [0.1, 0.15) is 17.3 Å². The van der Waals surface area contributed by atoms with E-state index in [0.29, 0.717) is 16.9 Å². The average Bonchev–Trinajstić information content (AvgIpc) is 3.16. The van der Waals surface area contributed by atoms with Gasteiger partial charge in [0, 0.05) is 17.9 Å². The first-order valence-electron chi connectivity index (χ1n) is 6.48. The molecule has 100 valence electrons. The SMILES string of the molecule is CCCCN(c1c(F)cc(CBr)cc1F)C1CC1. The normalized spacial score (nSPS) is 14.9. The van der Waals surface area contributed by atoms with Gasteiger partial charge in [-0.05, 0) is 37.0 Å². The van der Waals surface area contributed by atoms with E-state index in [-0.39, 0.29) is 5.69 Å². The van der Waals surface area contributed by atoms with E-state index in [0.717, 1.165) is 32.2 Å². The van der Waals surface area contributed by atoms with Crippen LogP contribution in [-0.2, 0) is 5.33 Å². The molecule has 0 aliphatic heterocycles. The van der Waals surface area contributed by atoms with Gasteiger partial charge in [0.05, 0.1) is 0 Å². The van der Waals surface area contributed by atoms with Gasteiger partial charge in [0.2, 0.25) is 0 Å². The molecule has 4 heteroatoms. The Balaban J connectivity index is 2.28. The Labute approximate surface area is 115 Å². The first-order chi connectivity index (χ1) is 8.67. The van der Waals surface area contributed by atoms with E-state index in [9.17, 15) is 8.78 Å². The van der Waals surface area contributed by atoms with Crippen LogP contribution >= 0.6 is 15.9 Å². The first-order valence-corrected chi connectivity index (χ1v) is 7.60. The Morgan fingerprint density at radius 3 is 2.33 bits per heavy atom. The predicted molar refractivity (Wildman–Crippen MR) is 74.3 cm³/mol. The second-order valence-corrected chi connectivity index (χ2v) is 5.38. The third kappa shape index (κ3) is 3.02. The number of halogens is 3. The molecule has 0 bridgehead atoms. The van der Waals surface area contributed by atoms with Crippen LogP contribution in [0, 0.1) is 11.6 Å². The summed E-state index contributed by atoms with van der Waals surface area (Å²) in [6.07, 6.45) is 4.09. The maximum absolute atomic E-state index is 14.1. The fourth-order valence-corrected chi connectivity index (χ4v) is 2.48. The minimum Gasteiger partial charge on any atom is -0.364 e. The van der Waals surface area contributed by atoms with E-state index in [1.165, 1.54) is 12.1 Å². The minimum atomic E-state index is -0.438. The quantitative estimate of drug-likeness (QED) is 0.691. The van der Waals surface area contributed by atoms with Gasteiger partial charge in [-0.2, -0.15) is 0 Å². The Morgan fingerprint density at radius 1 is 1.28 bits per heavy atom. The van der Waals surface area contributed by atoms with Crippen molar-refractivity contribution >= 4 is 21.6 Å². The molecule has 0 unspecified atom stereocenters. The smallest absolute Gasteiger partial charge is 0.149 e. The van der Waals surface area contributed by atoms with Gasteiger partial charge < -0.3 is 4.90 Å². The van der Waals surface area contributed by atoms with Crippen molar-refractivity contribution in [1.29, 1.82) is 0 Å². The number of rotatable bonds is 6. The van der Waals surface area contributed by atoms with Gasteiger partial charge in [0.25, 0.3) is 0 Å². The van der Waals surface area contributed by atoms with Crippen LogP contribution in [0.25, 0.3) is 0 Å². The van der Waals surface area contributed by atoms with E-state index >= 15 is 0 Å². The summed E-state index contributed by atoms with van der Waals surface area (Å²) in [7, 11) is 0. The number of anilines is 1. The van der Waals surface area contributed by atoms with Crippen LogP contribution in [0.2, 0.25) is 0 Å². The van der Waals surface area contributed by atoms with Crippen molar-refractivity contribution in [3.8, 4) is 0 Å². The molecule has 1 fully saturated rings. The molecule has 0 saturated heterocycles. The molecule has 18 heavy (non-hydrogen) atoms. The van der Waals surface area contributed by atoms with E-state index in [1.807, 2.05) is 4.90 Å². The Hall–Kier alpha value is -0.640. The highest BCUT2D eigenvalue weighted by atomic mass is 79.9. The topological polar surface area (TPSA) is 3.24 Å². The molecule has 1 aliphatic carbocycles. The third-order valence-electron chi connectivity index (χ3n) is 3.26. The van der Waals surface area contributed by atoms with Crippen molar-refractivity contribution in [1.82, 2.24) is 0 Å². The highest BCUT2D eigenvalue weighted by Gasteiger charge is 2.32. The van der Waals surface area contributed by atoms with Crippen molar-refractivity contribution in [3.05, 3.63) is 29.3 Å². The minimum absolute atomic E-state index is 0.163. The van der Waals surface area contributed by atoms with Crippen LogP contribution in [0.1, 0.15) is 38.2 Å². The first kappa shape index (κ1) is 13.8. The van der Waals surface area contributed by atoms with Crippen LogP contribution < -0.4 is 4.90 Å². The lowest BCUT2D eigenvalue weighted by Crippen LogP contribution is -2.28. The largest absolute Gasteiger partial charge is 0.364 e. The average molecular weight is 318 g/mol. The molecule has 0 aromatic heterocycles. The molecule has 0 heterocycles. The molecular formula is C14H18BrF2N. The summed E-state index contributed by atoms with van der Waals surface area (Å²) in [6.45, 7) is 2.83. The number of hydrogen-bond donors (Lipinski definition) is 0. The number of alkyl halides is 1. The van der Waals surface area contributed by atoms with Gasteiger partial charge in [-0.15, -0.1) is 0 Å². The molecule has 0 atom stereocenters. The number of nitrogens with zero attached hydrogens (tertiary/aromatic N) is 1. The summed E-state index contributed by atoms with van der Waals surface area (Å²) in [5.74, 6) is -0.875. The fraction of sp³-hybridized carbons (Fsp3) is 0.571. The van der Waals surface area contributed by atoms with Gasteiger partial charge in [-0.25, -0.2) is 8.78 Å². The Bertz CT molecular complexity index is 395. The molecular weight excluding hydrogens is 300 g/mol. The lowest BCUT2D eigenvalue weighted by molar-refractivity contribution is 0.562. The lowest BCUT2D eigenvalue weighted by atomic mass is 10.1. The van der Waals surface area contributed by atoms with Crippen LogP contribution in [0.15, 0.2) is 12.1 Å². The molecule has 1 aromatic rings. The molecule has 1 aliphatic rings. The van der Waals surface area contributed by atoms with Crippen molar-refractivity contribution in [2.24, 2.45) is 0 Å². The zero-order valence-corrected chi connectivity index (χ0v) is 12.1. The highest BCUT2D eigenvalue weighted by Crippen LogP contribution is 2.35. The van der Waals surface area contributed by atoms with Crippen LogP contribution in [0.5, 0.6) is 0 Å². The van der Waals surface area contributed by atoms with Crippen molar-refractivity contribution < 1.29 is 8.78 Å². The molecule has 0 radical (unpaired) electrons. The summed E-state index contributed by atoms with van der Waals surface area (Å²) in [5.41, 5.74) is 0.802. The highest BCUT2D eigenvalue weighted by molar-refractivity contribution is 9.08. The lowest BCUT2D eigenvalue weighted by Gasteiger charge is -2.25. The summed E-state index contributed by atoms with van der Waals surface area (Å²) in [5, 5.41) is 0.472. The summed E-state index contributed by atoms with van der Waals surface area (Å²) < 4.78 is 28.1. The molecule has 2 rings (SSSR count). The molecule has 1 aromatic carbocycles. The molecule has 0 spiro atoms. The van der Waals surface area contributed by atoms with Crippen LogP contribution in [0.3, 0.4) is 0 Å². The molecule has 1 nitrogen and oxygen atoms in total. The Morgan fingerprint density at radius 2 is 1.89 bits per heavy atom. The summed E-state index contributed by atoms with van der Waals surface area (Å²) in [4.78, 5) is 1.91. The Kier molecular flexibility index (Phi) is 4.60. The monoisotopic (exact) mass is 317 g/mol. The second kappa shape index (κ2) is 6.00. The third-order valence-corrected chi connectivity index (χ3v) is 3.91. The van der Waals surface area contributed by atoms with Crippen molar-refractivity contribution in [2.45, 2.75) is 44.0 Å². The van der Waals surface area contributed by atoms with Crippen LogP contribution in [-0.4, -0.2) is 12.6 Å². The number of unbranched alkanes of at least 4 members (excludes halogenated alkanes) is 1. The maximum atomic E-state index is 14.1. The van der Waals surface area contributed by atoms with Gasteiger partial charge in [-0.1, -0.05) is 29.3 Å². The fourth-order valence-electron chi connectivity index (χ4n) is 2.16. The van der Waals surface area contributed by atoms with Gasteiger partial charge in [0.15, 0.2) is 0 Å². The zero-order chi connectivity index (χ0) is 13.1. The summed E-state index contributed by atoms with van der Waals surface area (Å²) >= 11 is 3.22. The van der Waals surface area contributed by atoms with Crippen molar-refractivity contribution in [3.63, 3.8) is 0 Å². The number of benzene rings is 1. The summed E-state index contributed by atoms with van der Waals surface area (Å²) in [6, 6.07) is 3.18. The van der Waals surface area contributed by atoms with E-state index < -0.39 is 11.6 Å². The standard InChI is InChI=1S/C14H18BrF2N/c1-2-3-6-18(11-4-5-11)14-12(16)7-10(9-15)8-13(14)17/h7-8,11H,2-6,9H2,1H3. The van der Waals surface area contributed by atoms with Crippen molar-refractivity contribution in [2.75, 3.05) is 11.4 Å². The maximum Gasteiger partial charge on any atom is 0.149 e. The van der Waals surface area contributed by atoms with Gasteiger partial charge >= 0.3 is 0 Å². The van der Waals surface area contributed by atoms with Crippen LogP contribution in [0.4, 0.5) is 14.5 Å². The number of hydrogen-bond acceptors (Lipinski definition) is 1. The van der Waals surface area contributed by atoms with E-state index in [1.54, 1.807) is 0 Å². The molecule has 0 amide bonds. The van der Waals surface area contributed by atoms with E-state index in [2.05, 4.69) is 22.9 Å². The van der Waals surface area contributed by atoms with Gasteiger partial charge in [-0.3, -0.25) is 0 Å².